The lowest BCUT2D eigenvalue weighted by Crippen LogP contribution is -2.54. The Balaban J connectivity index is 2.05. The van der Waals surface area contributed by atoms with Crippen LogP contribution in [-0.4, -0.2) is 47.8 Å². The van der Waals surface area contributed by atoms with E-state index >= 15 is 0 Å². The van der Waals surface area contributed by atoms with Crippen LogP contribution < -0.4 is 5.32 Å². The summed E-state index contributed by atoms with van der Waals surface area (Å²) in [5, 5.41) is 13.1. The molecule has 4 heteroatoms. The summed E-state index contributed by atoms with van der Waals surface area (Å²) < 4.78 is 5.79. The van der Waals surface area contributed by atoms with Crippen LogP contribution in [0.25, 0.3) is 0 Å². The number of ether oxygens (including phenoxy) is 1. The molecule has 0 bridgehead atoms. The predicted octanol–water partition coefficient (Wildman–Crippen LogP) is 2.30. The molecule has 2 fully saturated rings. The van der Waals surface area contributed by atoms with Gasteiger partial charge >= 0.3 is 0 Å². The van der Waals surface area contributed by atoms with Crippen molar-refractivity contribution in [1.29, 1.82) is 5.26 Å². The zero-order valence-electron chi connectivity index (χ0n) is 13.4. The number of morpholine rings is 1. The van der Waals surface area contributed by atoms with Gasteiger partial charge in [-0.2, -0.15) is 5.26 Å². The van der Waals surface area contributed by atoms with E-state index in [1.54, 1.807) is 0 Å². The topological polar surface area (TPSA) is 48.3 Å². The molecule has 2 rings (SSSR count). The first-order valence-electron chi connectivity index (χ1n) is 8.06. The standard InChI is InChI=1S/C16H29N3O/c1-5-14-10-20-13(4)9-19(14)15-6-7-16(8-15,11-17)18-12(2)3/h12-15,18H,5-10H2,1-4H3. The Hall–Kier alpha value is -0.630. The van der Waals surface area contributed by atoms with Gasteiger partial charge in [-0.25, -0.2) is 0 Å². The monoisotopic (exact) mass is 279 g/mol. The third-order valence-electron chi connectivity index (χ3n) is 4.72. The second-order valence-corrected chi connectivity index (χ2v) is 6.79. The van der Waals surface area contributed by atoms with Crippen LogP contribution in [0.5, 0.6) is 0 Å². The Kier molecular flexibility index (Phi) is 5.06. The molecular formula is C16H29N3O. The second-order valence-electron chi connectivity index (χ2n) is 6.79. The van der Waals surface area contributed by atoms with E-state index in [4.69, 9.17) is 4.74 Å². The SMILES string of the molecule is CCC1COC(C)CN1C1CCC(C#N)(NC(C)C)C1. The minimum atomic E-state index is -0.321. The van der Waals surface area contributed by atoms with Gasteiger partial charge in [-0.15, -0.1) is 0 Å². The molecule has 1 aliphatic heterocycles. The van der Waals surface area contributed by atoms with E-state index < -0.39 is 0 Å². The molecule has 0 aromatic rings. The van der Waals surface area contributed by atoms with Crippen molar-refractivity contribution in [2.45, 2.75) is 83.1 Å². The Morgan fingerprint density at radius 2 is 2.25 bits per heavy atom. The molecule has 4 unspecified atom stereocenters. The molecule has 1 N–H and O–H groups in total. The third-order valence-corrected chi connectivity index (χ3v) is 4.72. The number of hydrogen-bond donors (Lipinski definition) is 1. The maximum absolute atomic E-state index is 9.60. The zero-order chi connectivity index (χ0) is 14.8. The zero-order valence-corrected chi connectivity index (χ0v) is 13.4. The van der Waals surface area contributed by atoms with E-state index in [0.29, 0.717) is 24.2 Å². The summed E-state index contributed by atoms with van der Waals surface area (Å²) in [6.45, 7) is 10.5. The molecule has 114 valence electrons. The van der Waals surface area contributed by atoms with Crippen LogP contribution in [0.2, 0.25) is 0 Å². The molecule has 1 aliphatic carbocycles. The highest BCUT2D eigenvalue weighted by molar-refractivity contribution is 5.14. The molecule has 1 heterocycles. The van der Waals surface area contributed by atoms with E-state index in [1.165, 1.54) is 0 Å². The van der Waals surface area contributed by atoms with E-state index in [0.717, 1.165) is 38.8 Å². The van der Waals surface area contributed by atoms with Crippen LogP contribution in [0.15, 0.2) is 0 Å². The van der Waals surface area contributed by atoms with Crippen molar-refractivity contribution >= 4 is 0 Å². The van der Waals surface area contributed by atoms with Crippen LogP contribution in [0.4, 0.5) is 0 Å². The molecule has 0 amide bonds. The molecule has 0 spiro atoms. The Morgan fingerprint density at radius 3 is 2.85 bits per heavy atom. The number of nitriles is 1. The van der Waals surface area contributed by atoms with Crippen molar-refractivity contribution in [3.8, 4) is 6.07 Å². The summed E-state index contributed by atoms with van der Waals surface area (Å²) in [5.41, 5.74) is -0.321. The van der Waals surface area contributed by atoms with Crippen LogP contribution in [0.1, 0.15) is 53.4 Å². The van der Waals surface area contributed by atoms with E-state index in [1.807, 2.05) is 0 Å². The summed E-state index contributed by atoms with van der Waals surface area (Å²) in [6, 6.07) is 3.96. The van der Waals surface area contributed by atoms with Gasteiger partial charge in [-0.05, 0) is 46.5 Å². The predicted molar refractivity (Wildman–Crippen MR) is 80.5 cm³/mol. The summed E-state index contributed by atoms with van der Waals surface area (Å²) in [6.07, 6.45) is 4.48. The highest BCUT2D eigenvalue weighted by atomic mass is 16.5. The minimum absolute atomic E-state index is 0.313. The first kappa shape index (κ1) is 15.8. The number of nitrogens with one attached hydrogen (secondary N) is 1. The smallest absolute Gasteiger partial charge is 0.108 e. The lowest BCUT2D eigenvalue weighted by Gasteiger charge is -2.42. The van der Waals surface area contributed by atoms with Gasteiger partial charge in [-0.1, -0.05) is 6.92 Å². The highest BCUT2D eigenvalue weighted by Gasteiger charge is 2.44. The van der Waals surface area contributed by atoms with E-state index in [2.05, 4.69) is 44.0 Å². The quantitative estimate of drug-likeness (QED) is 0.858. The molecular weight excluding hydrogens is 250 g/mol. The lowest BCUT2D eigenvalue weighted by molar-refractivity contribution is -0.0720. The van der Waals surface area contributed by atoms with E-state index in [-0.39, 0.29) is 5.54 Å². The van der Waals surface area contributed by atoms with Gasteiger partial charge in [0.2, 0.25) is 0 Å². The molecule has 20 heavy (non-hydrogen) atoms. The summed E-state index contributed by atoms with van der Waals surface area (Å²) in [7, 11) is 0. The van der Waals surface area contributed by atoms with Gasteiger partial charge in [0.15, 0.2) is 0 Å². The molecule has 0 aromatic heterocycles. The number of hydrogen-bond acceptors (Lipinski definition) is 4. The molecule has 2 aliphatic rings. The van der Waals surface area contributed by atoms with Gasteiger partial charge in [0.05, 0.1) is 18.8 Å². The van der Waals surface area contributed by atoms with Gasteiger partial charge in [0.25, 0.3) is 0 Å². The van der Waals surface area contributed by atoms with Crippen molar-refractivity contribution in [2.24, 2.45) is 0 Å². The van der Waals surface area contributed by atoms with Gasteiger partial charge < -0.3 is 4.74 Å². The van der Waals surface area contributed by atoms with Crippen LogP contribution >= 0.6 is 0 Å². The number of nitrogens with zero attached hydrogens (tertiary/aromatic N) is 2. The maximum Gasteiger partial charge on any atom is 0.108 e. The normalized spacial score (nSPS) is 39.1. The first-order valence-corrected chi connectivity index (χ1v) is 8.06. The molecule has 0 aromatic carbocycles. The third kappa shape index (κ3) is 3.33. The van der Waals surface area contributed by atoms with Crippen molar-refractivity contribution in [2.75, 3.05) is 13.2 Å². The Bertz CT molecular complexity index is 365. The summed E-state index contributed by atoms with van der Waals surface area (Å²) in [5.74, 6) is 0. The van der Waals surface area contributed by atoms with Crippen LogP contribution in [0.3, 0.4) is 0 Å². The lowest BCUT2D eigenvalue weighted by atomic mass is 9.97. The fourth-order valence-electron chi connectivity index (χ4n) is 3.79. The van der Waals surface area contributed by atoms with Gasteiger partial charge in [-0.3, -0.25) is 10.2 Å². The summed E-state index contributed by atoms with van der Waals surface area (Å²) >= 11 is 0. The average Bonchev–Trinajstić information content (AvgIpc) is 2.82. The van der Waals surface area contributed by atoms with E-state index in [9.17, 15) is 5.26 Å². The first-order chi connectivity index (χ1) is 9.49. The summed E-state index contributed by atoms with van der Waals surface area (Å²) in [4.78, 5) is 2.61. The van der Waals surface area contributed by atoms with Crippen molar-refractivity contribution in [3.05, 3.63) is 0 Å². The molecule has 4 atom stereocenters. The molecule has 1 saturated heterocycles. The maximum atomic E-state index is 9.60. The van der Waals surface area contributed by atoms with Crippen molar-refractivity contribution in [3.63, 3.8) is 0 Å². The largest absolute Gasteiger partial charge is 0.376 e. The number of rotatable bonds is 4. The average molecular weight is 279 g/mol. The fraction of sp³-hybridized carbons (Fsp3) is 0.938. The van der Waals surface area contributed by atoms with Crippen molar-refractivity contribution in [1.82, 2.24) is 10.2 Å². The second kappa shape index (κ2) is 6.43. The minimum Gasteiger partial charge on any atom is -0.376 e. The van der Waals surface area contributed by atoms with Crippen LogP contribution in [0, 0.1) is 11.3 Å². The van der Waals surface area contributed by atoms with Crippen molar-refractivity contribution < 1.29 is 4.74 Å². The fourth-order valence-corrected chi connectivity index (χ4v) is 3.79. The van der Waals surface area contributed by atoms with Gasteiger partial charge in [0, 0.05) is 24.7 Å². The van der Waals surface area contributed by atoms with Gasteiger partial charge in [0.1, 0.15) is 5.54 Å². The Labute approximate surface area is 123 Å². The highest BCUT2D eigenvalue weighted by Crippen LogP contribution is 2.35. The van der Waals surface area contributed by atoms with Crippen LogP contribution in [-0.2, 0) is 4.74 Å². The Morgan fingerprint density at radius 1 is 1.50 bits per heavy atom. The molecule has 4 nitrogen and oxygen atoms in total. The molecule has 0 radical (unpaired) electrons. The molecule has 1 saturated carbocycles.